The highest BCUT2D eigenvalue weighted by Crippen LogP contribution is 2.33. The highest BCUT2D eigenvalue weighted by molar-refractivity contribution is 9.10. The minimum atomic E-state index is -3.37. The molecule has 2 saturated heterocycles. The van der Waals surface area contributed by atoms with Crippen LogP contribution in [0.1, 0.15) is 30.6 Å². The number of halogens is 1. The van der Waals surface area contributed by atoms with Crippen LogP contribution in [0.5, 0.6) is 0 Å². The number of carbonyl (C=O) groups excluding carboxylic acids is 1. The first-order chi connectivity index (χ1) is 14.2. The number of rotatable bonds is 3. The van der Waals surface area contributed by atoms with E-state index in [-0.39, 0.29) is 23.2 Å². The summed E-state index contributed by atoms with van der Waals surface area (Å²) in [5, 5.41) is 0. The molecule has 0 aliphatic carbocycles. The average molecular weight is 495 g/mol. The number of hydrogen-bond donors (Lipinski definition) is 0. The van der Waals surface area contributed by atoms with Crippen molar-refractivity contribution < 1.29 is 13.2 Å². The van der Waals surface area contributed by atoms with Crippen molar-refractivity contribution in [1.82, 2.24) is 9.80 Å². The van der Waals surface area contributed by atoms with Gasteiger partial charge in [-0.3, -0.25) is 19.0 Å². The van der Waals surface area contributed by atoms with Gasteiger partial charge >= 0.3 is 0 Å². The third kappa shape index (κ3) is 4.07. The van der Waals surface area contributed by atoms with Crippen molar-refractivity contribution in [3.05, 3.63) is 40.4 Å². The molecule has 1 unspecified atom stereocenters. The van der Waals surface area contributed by atoms with Gasteiger partial charge in [0, 0.05) is 48.8 Å². The van der Waals surface area contributed by atoms with Crippen LogP contribution in [0.2, 0.25) is 0 Å². The molecule has 3 aliphatic rings. The molecule has 30 heavy (non-hydrogen) atoms. The van der Waals surface area contributed by atoms with Crippen LogP contribution < -0.4 is 4.31 Å². The highest BCUT2D eigenvalue weighted by Gasteiger charge is 2.37. The van der Waals surface area contributed by atoms with Crippen molar-refractivity contribution in [2.75, 3.05) is 42.8 Å². The lowest BCUT2D eigenvalue weighted by atomic mass is 9.86. The second-order valence-electron chi connectivity index (χ2n) is 8.58. The fraction of sp³-hybridized carbons (Fsp3) is 0.524. The molecule has 0 N–H and O–H groups in total. The van der Waals surface area contributed by atoms with Crippen LogP contribution in [0, 0.1) is 5.41 Å². The van der Waals surface area contributed by atoms with Gasteiger partial charge in [0.15, 0.2) is 0 Å². The van der Waals surface area contributed by atoms with E-state index in [0.29, 0.717) is 37.3 Å². The molecule has 1 atom stereocenters. The summed E-state index contributed by atoms with van der Waals surface area (Å²) in [6.45, 7) is 7.41. The summed E-state index contributed by atoms with van der Waals surface area (Å²) in [4.78, 5) is 22.1. The van der Waals surface area contributed by atoms with Crippen LogP contribution in [-0.4, -0.2) is 75.0 Å². The number of hydrogen-bond acceptors (Lipinski definition) is 5. The van der Waals surface area contributed by atoms with Gasteiger partial charge in [-0.25, -0.2) is 8.42 Å². The second kappa shape index (κ2) is 8.09. The van der Waals surface area contributed by atoms with E-state index in [4.69, 9.17) is 0 Å². The molecule has 3 aliphatic heterocycles. The summed E-state index contributed by atoms with van der Waals surface area (Å²) in [7, 11) is -3.37. The molecule has 4 rings (SSSR count). The molecule has 3 heterocycles. The molecule has 7 nitrogen and oxygen atoms in total. The molecular weight excluding hydrogens is 468 g/mol. The van der Waals surface area contributed by atoms with Crippen molar-refractivity contribution in [3.8, 4) is 0 Å². The van der Waals surface area contributed by atoms with Gasteiger partial charge in [0.05, 0.1) is 17.0 Å². The lowest BCUT2D eigenvalue weighted by Gasteiger charge is -2.43. The average Bonchev–Trinajstić information content (AvgIpc) is 3.06. The van der Waals surface area contributed by atoms with Crippen LogP contribution >= 0.6 is 15.9 Å². The lowest BCUT2D eigenvalue weighted by Crippen LogP contribution is -2.55. The molecule has 1 aromatic rings. The minimum absolute atomic E-state index is 0.0517. The molecule has 1 amide bonds. The Hall–Kier alpha value is -1.71. The fourth-order valence-electron chi connectivity index (χ4n) is 4.41. The molecule has 0 spiro atoms. The standard InChI is InChI=1S/C21H27BrN4O3S/c1-21(2)7-3-8-23-20(21)25-12-10-24(11-13-25)19(27)17-6-5-16(22)15-18(17)26-9-4-14-30(26,28)29/h3,5-8,15,20H,4,9-14H2,1-2H3. The first-order valence-corrected chi connectivity index (χ1v) is 12.6. The Kier molecular flexibility index (Phi) is 5.80. The Morgan fingerprint density at radius 1 is 1.17 bits per heavy atom. The molecule has 162 valence electrons. The molecule has 1 aromatic carbocycles. The monoisotopic (exact) mass is 494 g/mol. The zero-order valence-corrected chi connectivity index (χ0v) is 19.7. The molecule has 0 radical (unpaired) electrons. The van der Waals surface area contributed by atoms with Crippen LogP contribution in [0.4, 0.5) is 5.69 Å². The Balaban J connectivity index is 1.52. The number of dihydropyridines is 1. The largest absolute Gasteiger partial charge is 0.336 e. The third-order valence-corrected chi connectivity index (χ3v) is 8.36. The predicted octanol–water partition coefficient (Wildman–Crippen LogP) is 2.74. The summed E-state index contributed by atoms with van der Waals surface area (Å²) in [6, 6.07) is 5.25. The number of anilines is 1. The third-order valence-electron chi connectivity index (χ3n) is 6.01. The van der Waals surface area contributed by atoms with E-state index in [9.17, 15) is 13.2 Å². The van der Waals surface area contributed by atoms with E-state index in [0.717, 1.165) is 17.6 Å². The Morgan fingerprint density at radius 2 is 1.90 bits per heavy atom. The van der Waals surface area contributed by atoms with Crippen molar-refractivity contribution in [2.24, 2.45) is 10.4 Å². The van der Waals surface area contributed by atoms with Gasteiger partial charge in [-0.15, -0.1) is 0 Å². The topological polar surface area (TPSA) is 73.3 Å². The number of allylic oxidation sites excluding steroid dienone is 1. The minimum Gasteiger partial charge on any atom is -0.336 e. The van der Waals surface area contributed by atoms with E-state index in [2.05, 4.69) is 45.7 Å². The quantitative estimate of drug-likeness (QED) is 0.647. The summed E-state index contributed by atoms with van der Waals surface area (Å²) >= 11 is 3.42. The van der Waals surface area contributed by atoms with E-state index in [1.807, 2.05) is 17.2 Å². The summed E-state index contributed by atoms with van der Waals surface area (Å²) in [5.74, 6) is 0.00311. The van der Waals surface area contributed by atoms with Crippen molar-refractivity contribution >= 4 is 43.8 Å². The maximum atomic E-state index is 13.3. The number of aliphatic imine (C=N–C) groups is 1. The number of nitrogens with zero attached hydrogens (tertiary/aromatic N) is 4. The van der Waals surface area contributed by atoms with Crippen molar-refractivity contribution in [1.29, 1.82) is 0 Å². The fourth-order valence-corrected chi connectivity index (χ4v) is 6.33. The normalized spacial score (nSPS) is 25.6. The molecular formula is C21H27BrN4O3S. The number of sulfonamides is 1. The number of benzene rings is 1. The Bertz CT molecular complexity index is 998. The van der Waals surface area contributed by atoms with Gasteiger partial charge in [-0.1, -0.05) is 35.9 Å². The van der Waals surface area contributed by atoms with E-state index in [1.165, 1.54) is 4.31 Å². The van der Waals surface area contributed by atoms with Crippen molar-refractivity contribution in [2.45, 2.75) is 26.4 Å². The zero-order valence-electron chi connectivity index (χ0n) is 17.3. The molecule has 9 heteroatoms. The number of carbonyl (C=O) groups is 1. The van der Waals surface area contributed by atoms with Gasteiger partial charge < -0.3 is 4.90 Å². The summed E-state index contributed by atoms with van der Waals surface area (Å²) in [6.07, 6.45) is 6.65. The zero-order chi connectivity index (χ0) is 21.5. The molecule has 2 fully saturated rings. The summed E-state index contributed by atoms with van der Waals surface area (Å²) in [5.41, 5.74) is 0.859. The van der Waals surface area contributed by atoms with Crippen molar-refractivity contribution in [3.63, 3.8) is 0 Å². The first-order valence-electron chi connectivity index (χ1n) is 10.2. The molecule has 0 aromatic heterocycles. The maximum absolute atomic E-state index is 13.3. The van der Waals surface area contributed by atoms with Crippen LogP contribution in [0.25, 0.3) is 0 Å². The van der Waals surface area contributed by atoms with Crippen LogP contribution in [-0.2, 0) is 10.0 Å². The SMILES string of the molecule is CC1(C)C=CC=NC1N1CCN(C(=O)c2ccc(Br)cc2N2CCCS2(=O)=O)CC1. The number of piperazine rings is 1. The maximum Gasteiger partial charge on any atom is 0.256 e. The van der Waals surface area contributed by atoms with Crippen LogP contribution in [0.3, 0.4) is 0 Å². The van der Waals surface area contributed by atoms with E-state index in [1.54, 1.807) is 18.2 Å². The molecule has 0 saturated carbocycles. The second-order valence-corrected chi connectivity index (χ2v) is 11.5. The number of amides is 1. The van der Waals surface area contributed by atoms with Gasteiger partial charge in [0.2, 0.25) is 10.0 Å². The van der Waals surface area contributed by atoms with E-state index >= 15 is 0 Å². The van der Waals surface area contributed by atoms with Gasteiger partial charge in [-0.05, 0) is 30.7 Å². The Labute approximate surface area is 186 Å². The summed E-state index contributed by atoms with van der Waals surface area (Å²) < 4.78 is 27.1. The van der Waals surface area contributed by atoms with Gasteiger partial charge in [0.1, 0.15) is 6.17 Å². The smallest absolute Gasteiger partial charge is 0.256 e. The van der Waals surface area contributed by atoms with E-state index < -0.39 is 10.0 Å². The Morgan fingerprint density at radius 3 is 2.53 bits per heavy atom. The van der Waals surface area contributed by atoms with Gasteiger partial charge in [0.25, 0.3) is 5.91 Å². The predicted molar refractivity (Wildman–Crippen MR) is 123 cm³/mol. The van der Waals surface area contributed by atoms with Gasteiger partial charge in [-0.2, -0.15) is 0 Å². The highest BCUT2D eigenvalue weighted by atomic mass is 79.9. The lowest BCUT2D eigenvalue weighted by molar-refractivity contribution is 0.0447. The van der Waals surface area contributed by atoms with Crippen LogP contribution in [0.15, 0.2) is 39.8 Å². The molecule has 0 bridgehead atoms. The first kappa shape index (κ1) is 21.5.